The molecule has 2 aromatic rings. The Morgan fingerprint density at radius 3 is 3.00 bits per heavy atom. The minimum Gasteiger partial charge on any atom is -0.480 e. The number of carbonyl (C=O) groups is 2. The van der Waals surface area contributed by atoms with Crippen molar-refractivity contribution in [3.05, 3.63) is 24.3 Å². The zero-order valence-corrected chi connectivity index (χ0v) is 13.9. The third-order valence-electron chi connectivity index (χ3n) is 4.40. The average Bonchev–Trinajstić information content (AvgIpc) is 3.26. The van der Waals surface area contributed by atoms with Gasteiger partial charge in [0.15, 0.2) is 0 Å². The van der Waals surface area contributed by atoms with Crippen molar-refractivity contribution in [2.45, 2.75) is 44.7 Å². The SMILES string of the molecule is O=C(O)Cn1nccc1C1CCCN(C(=O)CCCn2cnnn2)C1. The summed E-state index contributed by atoms with van der Waals surface area (Å²) in [5.41, 5.74) is 0.883. The maximum absolute atomic E-state index is 12.5. The van der Waals surface area contributed by atoms with Crippen molar-refractivity contribution in [3.8, 4) is 0 Å². The Labute approximate surface area is 144 Å². The third kappa shape index (κ3) is 4.40. The molecular weight excluding hydrogens is 326 g/mol. The van der Waals surface area contributed by atoms with E-state index in [0.717, 1.165) is 25.1 Å². The molecule has 0 spiro atoms. The Hall–Kier alpha value is -2.78. The highest BCUT2D eigenvalue weighted by Crippen LogP contribution is 2.27. The molecule has 1 N–H and O–H groups in total. The summed E-state index contributed by atoms with van der Waals surface area (Å²) in [6.45, 7) is 1.81. The van der Waals surface area contributed by atoms with Crippen LogP contribution in [0, 0.1) is 0 Å². The average molecular weight is 347 g/mol. The summed E-state index contributed by atoms with van der Waals surface area (Å²) in [6.07, 6.45) is 6.11. The molecule has 0 aliphatic carbocycles. The Morgan fingerprint density at radius 1 is 1.36 bits per heavy atom. The summed E-state index contributed by atoms with van der Waals surface area (Å²) in [5, 5.41) is 24.0. The fourth-order valence-electron chi connectivity index (χ4n) is 3.23. The zero-order chi connectivity index (χ0) is 17.6. The molecule has 1 aliphatic heterocycles. The maximum atomic E-state index is 12.5. The van der Waals surface area contributed by atoms with Crippen LogP contribution in [0.5, 0.6) is 0 Å². The summed E-state index contributed by atoms with van der Waals surface area (Å²) in [5.74, 6) is -0.683. The van der Waals surface area contributed by atoms with E-state index in [4.69, 9.17) is 5.11 Å². The quantitative estimate of drug-likeness (QED) is 0.756. The van der Waals surface area contributed by atoms with Crippen LogP contribution in [0.4, 0.5) is 0 Å². The van der Waals surface area contributed by atoms with Crippen LogP contribution in [-0.4, -0.2) is 65.0 Å². The van der Waals surface area contributed by atoms with Gasteiger partial charge in [-0.3, -0.25) is 14.3 Å². The van der Waals surface area contributed by atoms with E-state index in [2.05, 4.69) is 20.6 Å². The first-order chi connectivity index (χ1) is 12.1. The molecule has 1 fully saturated rings. The topological polar surface area (TPSA) is 119 Å². The van der Waals surface area contributed by atoms with Crippen molar-refractivity contribution in [2.24, 2.45) is 0 Å². The number of amides is 1. The number of aromatic nitrogens is 6. The highest BCUT2D eigenvalue weighted by Gasteiger charge is 2.26. The smallest absolute Gasteiger partial charge is 0.325 e. The van der Waals surface area contributed by atoms with Crippen molar-refractivity contribution < 1.29 is 14.7 Å². The second-order valence-electron chi connectivity index (χ2n) is 6.16. The zero-order valence-electron chi connectivity index (χ0n) is 13.9. The van der Waals surface area contributed by atoms with E-state index in [1.807, 2.05) is 11.0 Å². The highest BCUT2D eigenvalue weighted by molar-refractivity contribution is 5.76. The van der Waals surface area contributed by atoms with E-state index in [9.17, 15) is 9.59 Å². The van der Waals surface area contributed by atoms with Crippen molar-refractivity contribution >= 4 is 11.9 Å². The molecule has 3 heterocycles. The molecule has 0 radical (unpaired) electrons. The van der Waals surface area contributed by atoms with Gasteiger partial charge in [-0.15, -0.1) is 5.10 Å². The van der Waals surface area contributed by atoms with Gasteiger partial charge in [-0.25, -0.2) is 4.68 Å². The molecule has 0 aromatic carbocycles. The highest BCUT2D eigenvalue weighted by atomic mass is 16.4. The molecule has 1 amide bonds. The Kier molecular flexibility index (Phi) is 5.36. The lowest BCUT2D eigenvalue weighted by Gasteiger charge is -2.33. The van der Waals surface area contributed by atoms with Gasteiger partial charge in [-0.2, -0.15) is 5.10 Å². The molecule has 10 heteroatoms. The van der Waals surface area contributed by atoms with Crippen LogP contribution in [0.15, 0.2) is 18.6 Å². The predicted molar refractivity (Wildman–Crippen MR) is 85.5 cm³/mol. The third-order valence-corrected chi connectivity index (χ3v) is 4.40. The number of aliphatic carboxylic acids is 1. The van der Waals surface area contributed by atoms with E-state index in [1.165, 1.54) is 11.0 Å². The Morgan fingerprint density at radius 2 is 2.24 bits per heavy atom. The lowest BCUT2D eigenvalue weighted by molar-refractivity contribution is -0.138. The fourth-order valence-corrected chi connectivity index (χ4v) is 3.23. The maximum Gasteiger partial charge on any atom is 0.325 e. The number of carboxylic acid groups (broad SMARTS) is 1. The van der Waals surface area contributed by atoms with Crippen molar-refractivity contribution in [1.82, 2.24) is 34.9 Å². The molecule has 0 saturated carbocycles. The number of rotatable bonds is 7. The van der Waals surface area contributed by atoms with Gasteiger partial charge in [-0.05, 0) is 35.8 Å². The number of likely N-dealkylation sites (tertiary alicyclic amines) is 1. The molecule has 134 valence electrons. The van der Waals surface area contributed by atoms with Crippen molar-refractivity contribution in [3.63, 3.8) is 0 Å². The van der Waals surface area contributed by atoms with E-state index in [1.54, 1.807) is 10.9 Å². The van der Waals surface area contributed by atoms with Crippen LogP contribution in [0.2, 0.25) is 0 Å². The molecule has 0 bridgehead atoms. The number of tetrazole rings is 1. The van der Waals surface area contributed by atoms with Crippen LogP contribution in [0.1, 0.15) is 37.3 Å². The van der Waals surface area contributed by atoms with Gasteiger partial charge in [0.1, 0.15) is 12.9 Å². The molecule has 1 aliphatic rings. The number of aryl methyl sites for hydroxylation is 1. The summed E-state index contributed by atoms with van der Waals surface area (Å²) in [4.78, 5) is 25.3. The normalized spacial score (nSPS) is 17.6. The lowest BCUT2D eigenvalue weighted by Crippen LogP contribution is -2.39. The van der Waals surface area contributed by atoms with Gasteiger partial charge in [0.2, 0.25) is 5.91 Å². The molecule has 25 heavy (non-hydrogen) atoms. The number of carbonyl (C=O) groups excluding carboxylic acids is 1. The van der Waals surface area contributed by atoms with Gasteiger partial charge in [0.25, 0.3) is 0 Å². The largest absolute Gasteiger partial charge is 0.480 e. The summed E-state index contributed by atoms with van der Waals surface area (Å²) in [6, 6.07) is 1.85. The Balaban J connectivity index is 1.54. The van der Waals surface area contributed by atoms with Crippen LogP contribution in [0.25, 0.3) is 0 Å². The van der Waals surface area contributed by atoms with Crippen LogP contribution >= 0.6 is 0 Å². The minimum atomic E-state index is -0.920. The predicted octanol–water partition coefficient (Wildman–Crippen LogP) is 0.141. The number of nitrogens with zero attached hydrogens (tertiary/aromatic N) is 7. The molecule has 3 rings (SSSR count). The molecule has 1 saturated heterocycles. The molecule has 2 aromatic heterocycles. The van der Waals surface area contributed by atoms with Crippen molar-refractivity contribution in [2.75, 3.05) is 13.1 Å². The lowest BCUT2D eigenvalue weighted by atomic mass is 9.94. The standard InChI is InChI=1S/C15H21N7O3/c23-14(4-2-8-21-11-16-18-19-21)20-7-1-3-12(9-20)13-5-6-17-22(13)10-15(24)25/h5-6,11-12H,1-4,7-10H2,(H,24,25). The monoisotopic (exact) mass is 347 g/mol. The Bertz CT molecular complexity index is 713. The second-order valence-corrected chi connectivity index (χ2v) is 6.16. The molecule has 1 unspecified atom stereocenters. The summed E-state index contributed by atoms with van der Waals surface area (Å²) in [7, 11) is 0. The van der Waals surface area contributed by atoms with E-state index in [-0.39, 0.29) is 18.4 Å². The number of piperidine rings is 1. The van der Waals surface area contributed by atoms with Crippen LogP contribution in [-0.2, 0) is 22.7 Å². The first kappa shape index (κ1) is 17.1. The van der Waals surface area contributed by atoms with Crippen LogP contribution in [0.3, 0.4) is 0 Å². The molecule has 10 nitrogen and oxygen atoms in total. The minimum absolute atomic E-state index is 0.113. The number of hydrogen-bond donors (Lipinski definition) is 1. The molecular formula is C15H21N7O3. The first-order valence-corrected chi connectivity index (χ1v) is 8.35. The van der Waals surface area contributed by atoms with E-state index >= 15 is 0 Å². The van der Waals surface area contributed by atoms with Crippen LogP contribution < -0.4 is 0 Å². The van der Waals surface area contributed by atoms with E-state index < -0.39 is 5.97 Å². The van der Waals surface area contributed by atoms with Gasteiger partial charge < -0.3 is 10.0 Å². The number of hydrogen-bond acceptors (Lipinski definition) is 6. The second kappa shape index (κ2) is 7.86. The van der Waals surface area contributed by atoms with Crippen molar-refractivity contribution in [1.29, 1.82) is 0 Å². The van der Waals surface area contributed by atoms with Gasteiger partial charge >= 0.3 is 5.97 Å². The van der Waals surface area contributed by atoms with Gasteiger partial charge in [0, 0.05) is 43.9 Å². The van der Waals surface area contributed by atoms with E-state index in [0.29, 0.717) is 25.9 Å². The fraction of sp³-hybridized carbons (Fsp3) is 0.600. The molecule has 1 atom stereocenters. The summed E-state index contributed by atoms with van der Waals surface area (Å²) >= 11 is 0. The summed E-state index contributed by atoms with van der Waals surface area (Å²) < 4.78 is 3.12. The van der Waals surface area contributed by atoms with Gasteiger partial charge in [-0.1, -0.05) is 0 Å². The first-order valence-electron chi connectivity index (χ1n) is 8.35. The van der Waals surface area contributed by atoms with Gasteiger partial charge in [0.05, 0.1) is 0 Å². The number of carboxylic acids is 1.